The first kappa shape index (κ1) is 15.9. The Labute approximate surface area is 125 Å². The van der Waals surface area contributed by atoms with Crippen LogP contribution in [0.2, 0.25) is 0 Å². The Balaban J connectivity index is 2.07. The van der Waals surface area contributed by atoms with E-state index in [2.05, 4.69) is 11.6 Å². The molecule has 1 aliphatic heterocycles. The molecule has 0 saturated carbocycles. The van der Waals surface area contributed by atoms with Gasteiger partial charge >= 0.3 is 0 Å². The fourth-order valence-electron chi connectivity index (χ4n) is 2.35. The number of nitrogens with zero attached hydrogens (tertiary/aromatic N) is 1. The first-order valence-electron chi connectivity index (χ1n) is 7.03. The van der Waals surface area contributed by atoms with Crippen molar-refractivity contribution in [3.8, 4) is 0 Å². The van der Waals surface area contributed by atoms with Gasteiger partial charge in [0.2, 0.25) is 10.0 Å². The zero-order valence-electron chi connectivity index (χ0n) is 11.8. The van der Waals surface area contributed by atoms with E-state index >= 15 is 0 Å². The van der Waals surface area contributed by atoms with E-state index in [4.69, 9.17) is 5.73 Å². The van der Waals surface area contributed by atoms with Gasteiger partial charge in [0, 0.05) is 31.5 Å². The minimum Gasteiger partial charge on any atom is -0.349 e. The molecule has 0 aromatic carbocycles. The van der Waals surface area contributed by atoms with Crippen molar-refractivity contribution in [2.24, 2.45) is 11.7 Å². The molecule has 0 spiro atoms. The van der Waals surface area contributed by atoms with E-state index in [0.717, 1.165) is 36.6 Å². The Morgan fingerprint density at radius 2 is 2.35 bits per heavy atom. The maximum absolute atomic E-state index is 12.3. The molecule has 0 amide bonds. The fourth-order valence-corrected chi connectivity index (χ4v) is 4.81. The van der Waals surface area contributed by atoms with E-state index in [1.165, 1.54) is 0 Å². The van der Waals surface area contributed by atoms with Crippen LogP contribution in [0.1, 0.15) is 25.5 Å². The summed E-state index contributed by atoms with van der Waals surface area (Å²) in [4.78, 5) is 0.331. The Morgan fingerprint density at radius 3 is 2.95 bits per heavy atom. The Morgan fingerprint density at radius 1 is 1.55 bits per heavy atom. The highest BCUT2D eigenvalue weighted by Crippen LogP contribution is 2.23. The maximum Gasteiger partial charge on any atom is 0.242 e. The lowest BCUT2D eigenvalue weighted by Gasteiger charge is -2.09. The van der Waals surface area contributed by atoms with Crippen molar-refractivity contribution < 1.29 is 8.42 Å². The number of aryl methyl sites for hydroxylation is 1. The Hall–Kier alpha value is -0.500. The van der Waals surface area contributed by atoms with Crippen molar-refractivity contribution in [3.05, 3.63) is 18.0 Å². The van der Waals surface area contributed by atoms with Gasteiger partial charge in [0.25, 0.3) is 0 Å². The molecular formula is C13H23N3O2S2. The number of hydrogen-bond acceptors (Lipinski definition) is 4. The monoisotopic (exact) mass is 317 g/mol. The Kier molecular flexibility index (Phi) is 5.54. The smallest absolute Gasteiger partial charge is 0.242 e. The summed E-state index contributed by atoms with van der Waals surface area (Å²) in [6, 6.07) is 1.68. The first-order valence-corrected chi connectivity index (χ1v) is 9.67. The molecule has 0 aliphatic carbocycles. The SMILES string of the molecule is CCCn1cc(S(=O)(=O)NCC2CCSC2)cc1CN. The van der Waals surface area contributed by atoms with Crippen LogP contribution in [0.15, 0.2) is 17.2 Å². The van der Waals surface area contributed by atoms with E-state index in [1.54, 1.807) is 12.3 Å². The van der Waals surface area contributed by atoms with E-state index in [9.17, 15) is 8.42 Å². The highest BCUT2D eigenvalue weighted by molar-refractivity contribution is 7.99. The van der Waals surface area contributed by atoms with Gasteiger partial charge in [-0.3, -0.25) is 0 Å². The molecule has 1 atom stereocenters. The number of aromatic nitrogens is 1. The molecule has 1 unspecified atom stereocenters. The molecule has 3 N–H and O–H groups in total. The van der Waals surface area contributed by atoms with Gasteiger partial charge < -0.3 is 10.3 Å². The minimum atomic E-state index is -3.41. The van der Waals surface area contributed by atoms with Crippen molar-refractivity contribution in [3.63, 3.8) is 0 Å². The summed E-state index contributed by atoms with van der Waals surface area (Å²) in [6.45, 7) is 3.74. The third-order valence-electron chi connectivity index (χ3n) is 3.53. The van der Waals surface area contributed by atoms with Crippen LogP contribution in [0, 0.1) is 5.92 Å². The van der Waals surface area contributed by atoms with E-state index in [0.29, 0.717) is 23.9 Å². The second-order valence-electron chi connectivity index (χ2n) is 5.15. The lowest BCUT2D eigenvalue weighted by molar-refractivity contribution is 0.545. The summed E-state index contributed by atoms with van der Waals surface area (Å²) < 4.78 is 29.3. The van der Waals surface area contributed by atoms with Crippen molar-refractivity contribution in [2.75, 3.05) is 18.1 Å². The number of sulfonamides is 1. The lowest BCUT2D eigenvalue weighted by atomic mass is 10.1. The lowest BCUT2D eigenvalue weighted by Crippen LogP contribution is -2.29. The summed E-state index contributed by atoms with van der Waals surface area (Å²) in [5.74, 6) is 2.64. The van der Waals surface area contributed by atoms with Gasteiger partial charge in [-0.05, 0) is 36.3 Å². The van der Waals surface area contributed by atoms with Gasteiger partial charge in [-0.15, -0.1) is 0 Å². The molecule has 5 nitrogen and oxygen atoms in total. The topological polar surface area (TPSA) is 77.1 Å². The highest BCUT2D eigenvalue weighted by Gasteiger charge is 2.21. The molecule has 0 bridgehead atoms. The molecule has 7 heteroatoms. The van der Waals surface area contributed by atoms with Crippen LogP contribution in [0.25, 0.3) is 0 Å². The second kappa shape index (κ2) is 6.98. The number of hydrogen-bond donors (Lipinski definition) is 2. The summed E-state index contributed by atoms with van der Waals surface area (Å²) in [5.41, 5.74) is 6.54. The molecule has 1 aromatic heterocycles. The summed E-state index contributed by atoms with van der Waals surface area (Å²) in [5, 5.41) is 0. The second-order valence-corrected chi connectivity index (χ2v) is 8.06. The first-order chi connectivity index (χ1) is 9.56. The van der Waals surface area contributed by atoms with Gasteiger partial charge in [0.05, 0.1) is 4.90 Å². The minimum absolute atomic E-state index is 0.331. The van der Waals surface area contributed by atoms with Crippen LogP contribution >= 0.6 is 11.8 Å². The predicted octanol–water partition coefficient (Wildman–Crippen LogP) is 1.39. The number of nitrogens with two attached hydrogens (primary N) is 1. The van der Waals surface area contributed by atoms with Gasteiger partial charge in [-0.25, -0.2) is 13.1 Å². The molecule has 1 fully saturated rings. The normalized spacial score (nSPS) is 19.6. The fraction of sp³-hybridized carbons (Fsp3) is 0.692. The van der Waals surface area contributed by atoms with Gasteiger partial charge in [0.15, 0.2) is 0 Å². The molecule has 0 radical (unpaired) electrons. The van der Waals surface area contributed by atoms with Crippen molar-refractivity contribution >= 4 is 21.8 Å². The average molecular weight is 317 g/mol. The maximum atomic E-state index is 12.3. The molecule has 2 rings (SSSR count). The van der Waals surface area contributed by atoms with E-state index in [-0.39, 0.29) is 0 Å². The van der Waals surface area contributed by atoms with E-state index < -0.39 is 10.0 Å². The molecule has 1 aliphatic rings. The third-order valence-corrected chi connectivity index (χ3v) is 6.15. The average Bonchev–Trinajstić information content (AvgIpc) is 3.06. The third kappa shape index (κ3) is 3.78. The molecule has 2 heterocycles. The quantitative estimate of drug-likeness (QED) is 0.797. The zero-order valence-corrected chi connectivity index (χ0v) is 13.5. The zero-order chi connectivity index (χ0) is 14.6. The number of nitrogens with one attached hydrogen (secondary N) is 1. The predicted molar refractivity (Wildman–Crippen MR) is 83.2 cm³/mol. The molecule has 20 heavy (non-hydrogen) atoms. The van der Waals surface area contributed by atoms with Gasteiger partial charge in [0.1, 0.15) is 0 Å². The van der Waals surface area contributed by atoms with Gasteiger partial charge in [-0.2, -0.15) is 11.8 Å². The summed E-state index contributed by atoms with van der Waals surface area (Å²) >= 11 is 1.89. The summed E-state index contributed by atoms with van der Waals surface area (Å²) in [7, 11) is -3.41. The van der Waals surface area contributed by atoms with Crippen LogP contribution in [0.4, 0.5) is 0 Å². The molecule has 1 saturated heterocycles. The molecule has 1 aromatic rings. The standard InChI is InChI=1S/C13H23N3O2S2/c1-2-4-16-9-13(6-12(16)7-14)20(17,18)15-8-11-3-5-19-10-11/h6,9,11,15H,2-5,7-8,10,14H2,1H3. The number of thioether (sulfide) groups is 1. The van der Waals surface area contributed by atoms with Crippen LogP contribution in [0.5, 0.6) is 0 Å². The van der Waals surface area contributed by atoms with Crippen LogP contribution in [-0.4, -0.2) is 31.0 Å². The van der Waals surface area contributed by atoms with Crippen molar-refractivity contribution in [2.45, 2.75) is 37.8 Å². The molecule has 114 valence electrons. The van der Waals surface area contributed by atoms with Crippen molar-refractivity contribution in [1.29, 1.82) is 0 Å². The van der Waals surface area contributed by atoms with E-state index in [1.807, 2.05) is 16.3 Å². The summed E-state index contributed by atoms with van der Waals surface area (Å²) in [6.07, 6.45) is 3.74. The Bertz CT molecular complexity index is 534. The van der Waals surface area contributed by atoms with Crippen LogP contribution < -0.4 is 10.5 Å². The van der Waals surface area contributed by atoms with Crippen LogP contribution in [0.3, 0.4) is 0 Å². The largest absolute Gasteiger partial charge is 0.349 e. The number of rotatable bonds is 7. The van der Waals surface area contributed by atoms with Gasteiger partial charge in [-0.1, -0.05) is 6.92 Å². The van der Waals surface area contributed by atoms with Crippen molar-refractivity contribution in [1.82, 2.24) is 9.29 Å². The molecular weight excluding hydrogens is 294 g/mol. The highest BCUT2D eigenvalue weighted by atomic mass is 32.2. The van der Waals surface area contributed by atoms with Crippen LogP contribution in [-0.2, 0) is 23.1 Å².